The molecule has 26 heavy (non-hydrogen) atoms. The molecule has 144 valence electrons. The summed E-state index contributed by atoms with van der Waals surface area (Å²) in [5, 5.41) is 5.68. The van der Waals surface area contributed by atoms with Crippen LogP contribution in [0, 0.1) is 11.8 Å². The standard InChI is InChI=1S/C18H27N3O5/c1-21(2)7-6-19-17(22)12-10-13(12)18(23)20-11-8-14(24-3)16(26-5)15(9-11)25-4/h8-9,12-13H,6-7,10H2,1-5H3,(H,19,22)(H,20,23). The van der Waals surface area contributed by atoms with Gasteiger partial charge in [-0.2, -0.15) is 0 Å². The molecule has 2 rings (SSSR count). The third-order valence-electron chi connectivity index (χ3n) is 4.25. The van der Waals surface area contributed by atoms with E-state index in [1.807, 2.05) is 19.0 Å². The van der Waals surface area contributed by atoms with Crippen LogP contribution in [0.2, 0.25) is 0 Å². The number of likely N-dealkylation sites (N-methyl/N-ethyl adjacent to an activating group) is 1. The highest BCUT2D eigenvalue weighted by atomic mass is 16.5. The average Bonchev–Trinajstić information content (AvgIpc) is 3.41. The third-order valence-corrected chi connectivity index (χ3v) is 4.25. The fourth-order valence-electron chi connectivity index (χ4n) is 2.70. The number of hydrogen-bond acceptors (Lipinski definition) is 6. The van der Waals surface area contributed by atoms with E-state index in [4.69, 9.17) is 14.2 Å². The van der Waals surface area contributed by atoms with Crippen LogP contribution < -0.4 is 24.8 Å². The number of nitrogens with zero attached hydrogens (tertiary/aromatic N) is 1. The molecule has 2 unspecified atom stereocenters. The monoisotopic (exact) mass is 365 g/mol. The van der Waals surface area contributed by atoms with E-state index in [1.165, 1.54) is 21.3 Å². The number of ether oxygens (including phenoxy) is 3. The molecule has 1 fully saturated rings. The van der Waals surface area contributed by atoms with E-state index in [0.717, 1.165) is 6.54 Å². The summed E-state index contributed by atoms with van der Waals surface area (Å²) in [5.74, 6) is 0.529. The molecule has 0 aromatic heterocycles. The molecule has 2 atom stereocenters. The Morgan fingerprint density at radius 1 is 1.04 bits per heavy atom. The first-order chi connectivity index (χ1) is 12.4. The first-order valence-electron chi connectivity index (χ1n) is 8.44. The minimum Gasteiger partial charge on any atom is -0.493 e. The van der Waals surface area contributed by atoms with Crippen molar-refractivity contribution in [1.82, 2.24) is 10.2 Å². The number of hydrogen-bond donors (Lipinski definition) is 2. The van der Waals surface area contributed by atoms with Crippen molar-refractivity contribution in [3.8, 4) is 17.2 Å². The molecule has 1 saturated carbocycles. The van der Waals surface area contributed by atoms with Crippen molar-refractivity contribution in [2.24, 2.45) is 11.8 Å². The number of nitrogens with one attached hydrogen (secondary N) is 2. The van der Waals surface area contributed by atoms with Crippen LogP contribution in [-0.4, -0.2) is 65.2 Å². The minimum atomic E-state index is -0.312. The number of rotatable bonds is 9. The van der Waals surface area contributed by atoms with Crippen molar-refractivity contribution in [1.29, 1.82) is 0 Å². The molecule has 2 N–H and O–H groups in total. The maximum absolute atomic E-state index is 12.4. The third kappa shape index (κ3) is 4.78. The zero-order valence-electron chi connectivity index (χ0n) is 15.9. The molecule has 1 aromatic carbocycles. The van der Waals surface area contributed by atoms with Crippen molar-refractivity contribution in [3.05, 3.63) is 12.1 Å². The predicted molar refractivity (Wildman–Crippen MR) is 97.9 cm³/mol. The Morgan fingerprint density at radius 3 is 2.12 bits per heavy atom. The second-order valence-corrected chi connectivity index (χ2v) is 6.45. The van der Waals surface area contributed by atoms with Crippen LogP contribution in [0.1, 0.15) is 6.42 Å². The normalized spacial score (nSPS) is 18.2. The van der Waals surface area contributed by atoms with Gasteiger partial charge in [-0.15, -0.1) is 0 Å². The number of methoxy groups -OCH3 is 3. The number of carbonyl (C=O) groups excluding carboxylic acids is 2. The predicted octanol–water partition coefficient (Wildman–Crippen LogP) is 0.965. The van der Waals surface area contributed by atoms with Gasteiger partial charge in [0, 0.05) is 30.9 Å². The van der Waals surface area contributed by atoms with Crippen LogP contribution in [0.15, 0.2) is 12.1 Å². The summed E-state index contributed by atoms with van der Waals surface area (Å²) >= 11 is 0. The van der Waals surface area contributed by atoms with E-state index in [9.17, 15) is 9.59 Å². The molecule has 0 spiro atoms. The van der Waals surface area contributed by atoms with E-state index < -0.39 is 0 Å². The fraction of sp³-hybridized carbons (Fsp3) is 0.556. The second kappa shape index (κ2) is 8.75. The van der Waals surface area contributed by atoms with Crippen LogP contribution >= 0.6 is 0 Å². The van der Waals surface area contributed by atoms with Crippen molar-refractivity contribution in [2.75, 3.05) is 53.8 Å². The van der Waals surface area contributed by atoms with Gasteiger partial charge in [-0.1, -0.05) is 0 Å². The van der Waals surface area contributed by atoms with Gasteiger partial charge in [-0.3, -0.25) is 9.59 Å². The molecule has 1 aromatic rings. The number of anilines is 1. The van der Waals surface area contributed by atoms with Gasteiger partial charge in [0.15, 0.2) is 11.5 Å². The summed E-state index contributed by atoms with van der Waals surface area (Å²) in [7, 11) is 8.42. The van der Waals surface area contributed by atoms with E-state index in [0.29, 0.717) is 35.9 Å². The van der Waals surface area contributed by atoms with Gasteiger partial charge < -0.3 is 29.7 Å². The van der Waals surface area contributed by atoms with Gasteiger partial charge in [0.1, 0.15) is 0 Å². The highest BCUT2D eigenvalue weighted by molar-refractivity contribution is 5.99. The zero-order chi connectivity index (χ0) is 19.3. The zero-order valence-corrected chi connectivity index (χ0v) is 15.9. The number of carbonyl (C=O) groups is 2. The molecule has 0 aliphatic heterocycles. The lowest BCUT2D eigenvalue weighted by Gasteiger charge is -2.14. The Hall–Kier alpha value is -2.48. The van der Waals surface area contributed by atoms with Gasteiger partial charge in [0.25, 0.3) is 0 Å². The number of amides is 2. The van der Waals surface area contributed by atoms with Gasteiger partial charge in [0.2, 0.25) is 17.6 Å². The first-order valence-corrected chi connectivity index (χ1v) is 8.44. The van der Waals surface area contributed by atoms with Gasteiger partial charge in [0.05, 0.1) is 33.2 Å². The van der Waals surface area contributed by atoms with Gasteiger partial charge in [-0.25, -0.2) is 0 Å². The molecule has 0 bridgehead atoms. The lowest BCUT2D eigenvalue weighted by atomic mass is 10.2. The summed E-state index contributed by atoms with van der Waals surface area (Å²) in [6.07, 6.45) is 0.560. The summed E-state index contributed by atoms with van der Waals surface area (Å²) in [6.45, 7) is 1.34. The Bertz CT molecular complexity index is 637. The van der Waals surface area contributed by atoms with Gasteiger partial charge in [-0.05, 0) is 20.5 Å². The molecular weight excluding hydrogens is 338 g/mol. The summed E-state index contributed by atoms with van der Waals surface area (Å²) in [5.41, 5.74) is 0.531. The molecule has 1 aliphatic rings. The second-order valence-electron chi connectivity index (χ2n) is 6.45. The van der Waals surface area contributed by atoms with E-state index in [2.05, 4.69) is 10.6 Å². The van der Waals surface area contributed by atoms with Crippen molar-refractivity contribution in [3.63, 3.8) is 0 Å². The topological polar surface area (TPSA) is 89.1 Å². The molecule has 8 nitrogen and oxygen atoms in total. The Morgan fingerprint density at radius 2 is 1.62 bits per heavy atom. The van der Waals surface area contributed by atoms with E-state index in [-0.39, 0.29) is 23.7 Å². The maximum atomic E-state index is 12.4. The van der Waals surface area contributed by atoms with Crippen LogP contribution in [0.4, 0.5) is 5.69 Å². The Labute approximate surface area is 153 Å². The highest BCUT2D eigenvalue weighted by Crippen LogP contribution is 2.42. The molecule has 2 amide bonds. The Kier molecular flexibility index (Phi) is 6.68. The van der Waals surface area contributed by atoms with Crippen molar-refractivity contribution >= 4 is 17.5 Å². The van der Waals surface area contributed by atoms with E-state index >= 15 is 0 Å². The minimum absolute atomic E-state index is 0.0723. The van der Waals surface area contributed by atoms with Crippen LogP contribution in [-0.2, 0) is 9.59 Å². The molecule has 0 heterocycles. The van der Waals surface area contributed by atoms with Crippen molar-refractivity contribution in [2.45, 2.75) is 6.42 Å². The molecule has 0 saturated heterocycles. The fourth-order valence-corrected chi connectivity index (χ4v) is 2.70. The summed E-state index contributed by atoms with van der Waals surface area (Å²) < 4.78 is 15.8. The SMILES string of the molecule is COc1cc(NC(=O)C2CC2C(=O)NCCN(C)C)cc(OC)c1OC. The van der Waals surface area contributed by atoms with Gasteiger partial charge >= 0.3 is 0 Å². The van der Waals surface area contributed by atoms with E-state index in [1.54, 1.807) is 12.1 Å². The van der Waals surface area contributed by atoms with Crippen molar-refractivity contribution < 1.29 is 23.8 Å². The average molecular weight is 365 g/mol. The molecule has 8 heteroatoms. The molecular formula is C18H27N3O5. The summed E-state index contributed by atoms with van der Waals surface area (Å²) in [6, 6.07) is 3.32. The number of benzene rings is 1. The first kappa shape index (κ1) is 19.8. The van der Waals surface area contributed by atoms with Crippen LogP contribution in [0.5, 0.6) is 17.2 Å². The highest BCUT2D eigenvalue weighted by Gasteiger charge is 2.47. The van der Waals surface area contributed by atoms with Crippen LogP contribution in [0.3, 0.4) is 0 Å². The Balaban J connectivity index is 1.95. The quantitative estimate of drug-likeness (QED) is 0.678. The summed E-state index contributed by atoms with van der Waals surface area (Å²) in [4.78, 5) is 26.5. The maximum Gasteiger partial charge on any atom is 0.228 e. The van der Waals surface area contributed by atoms with Crippen LogP contribution in [0.25, 0.3) is 0 Å². The molecule has 0 radical (unpaired) electrons. The lowest BCUT2D eigenvalue weighted by Crippen LogP contribution is -2.33. The lowest BCUT2D eigenvalue weighted by molar-refractivity contribution is -0.125. The smallest absolute Gasteiger partial charge is 0.228 e. The largest absolute Gasteiger partial charge is 0.493 e. The molecule has 1 aliphatic carbocycles.